The van der Waals surface area contributed by atoms with Crippen molar-refractivity contribution in [3.63, 3.8) is 0 Å². The molecule has 0 atom stereocenters. The molecule has 0 bridgehead atoms. The topological polar surface area (TPSA) is 310 Å². The minimum absolute atomic E-state index is 0. The van der Waals surface area contributed by atoms with E-state index in [2.05, 4.69) is 130 Å². The molecular weight excluding hydrogens is 1920 g/mol. The SMILES string of the molecule is Cc1cc(F)c([N+](=O)[O-])cc1Nc1ncc(-c2ncco2)c(-c2cn3c4c(cccc24)CCC3)n1.Cc1cc(F)c([N+](=O)[O-])cc1Nc1ncc(Br)c(-c2cn3c4c(cccc24)CCC3)n1.Cc1cc(F)c([N+](=O)[O-])cc1Nc1nccc(-c2c(-c3ncco3)n3c4c(cccc24)CCC3)n1.F.FF.FF.FF.FF.FF.FF.FF.FF.FF.FF.FF.FF.FF.FF. The van der Waals surface area contributed by atoms with E-state index in [0.29, 0.717) is 62.5 Å². The van der Waals surface area contributed by atoms with E-state index in [1.54, 1.807) is 64.1 Å². The van der Waals surface area contributed by atoms with Gasteiger partial charge >= 0.3 is 17.1 Å². The predicted octanol–water partition coefficient (Wildman–Crippen LogP) is 29.4. The van der Waals surface area contributed by atoms with Crippen LogP contribution >= 0.6 is 15.9 Å². The normalized spacial score (nSPS) is 10.6. The third-order valence-electron chi connectivity index (χ3n) is 18.1. The smallest absolute Gasteiger partial charge is 0.306 e. The van der Waals surface area contributed by atoms with Crippen molar-refractivity contribution >= 4 is 101 Å². The van der Waals surface area contributed by atoms with E-state index in [0.717, 1.165) is 149 Å². The van der Waals surface area contributed by atoms with Gasteiger partial charge in [0.2, 0.25) is 47.1 Å². The highest BCUT2D eigenvalue weighted by atomic mass is 79.9. The molecule has 0 spiro atoms. The summed E-state index contributed by atoms with van der Waals surface area (Å²) in [4.78, 5) is 67.2. The second kappa shape index (κ2) is 61.0. The summed E-state index contributed by atoms with van der Waals surface area (Å²) in [6.07, 6.45) is 21.5. The van der Waals surface area contributed by atoms with Crippen LogP contribution in [-0.2, 0) is 38.9 Å². The molecule has 14 aromatic rings. The van der Waals surface area contributed by atoms with Gasteiger partial charge in [-0.2, -0.15) is 13.2 Å². The van der Waals surface area contributed by atoms with Crippen LogP contribution in [0, 0.1) is 68.6 Å². The Kier molecular flexibility index (Phi) is 54.1. The number of benzene rings is 6. The highest BCUT2D eigenvalue weighted by molar-refractivity contribution is 9.10. The van der Waals surface area contributed by atoms with Gasteiger partial charge in [-0.1, -0.05) is 54.6 Å². The van der Waals surface area contributed by atoms with Crippen molar-refractivity contribution in [2.75, 3.05) is 16.0 Å². The molecule has 3 N–H and O–H groups in total. The molecule has 0 saturated heterocycles. The number of rotatable bonds is 14. The molecule has 3 aliphatic rings. The molecule has 0 radical (unpaired) electrons. The van der Waals surface area contributed by atoms with E-state index in [4.69, 9.17) is 147 Å². The van der Waals surface area contributed by atoms with Crippen molar-refractivity contribution in [1.29, 1.82) is 0 Å². The van der Waals surface area contributed by atoms with Crippen molar-refractivity contribution < 1.29 is 170 Å². The molecule has 6 aromatic carbocycles. The first-order valence-corrected chi connectivity index (χ1v) is 34.8. The molecule has 17 rings (SSSR count). The molecule has 130 heavy (non-hydrogen) atoms. The lowest BCUT2D eigenvalue weighted by Crippen LogP contribution is -2.08. The van der Waals surface area contributed by atoms with Crippen LogP contribution in [0.15, 0.2) is 166 Å². The zero-order valence-corrected chi connectivity index (χ0v) is 66.4. The molecule has 25 nitrogen and oxygen atoms in total. The van der Waals surface area contributed by atoms with Gasteiger partial charge in [-0.05, 0) is 133 Å². The summed E-state index contributed by atoms with van der Waals surface area (Å²) in [5, 5.41) is 45.8. The number of aromatic nitrogens is 11. The molecule has 3 aliphatic heterocycles. The van der Waals surface area contributed by atoms with E-state index < -0.39 is 49.3 Å². The Balaban J connectivity index is 0.00000168. The summed E-state index contributed by atoms with van der Waals surface area (Å²) >= 11 is 3.56. The zero-order chi connectivity index (χ0) is 97.9. The average Bonchev–Trinajstić information content (AvgIpc) is 1.60. The Hall–Kier alpha value is -14.6. The second-order valence-electron chi connectivity index (χ2n) is 24.4. The molecule has 8 aromatic heterocycles. The number of nitrogens with one attached hydrogen (secondary N) is 3. The van der Waals surface area contributed by atoms with Crippen molar-refractivity contribution in [2.24, 2.45) is 0 Å². The van der Waals surface area contributed by atoms with Crippen LogP contribution in [0.5, 0.6) is 0 Å². The van der Waals surface area contributed by atoms with Gasteiger partial charge in [0.1, 0.15) is 18.2 Å². The first-order valence-electron chi connectivity index (χ1n) is 34.0. The monoisotopic (exact) mass is 1970 g/mol. The zero-order valence-electron chi connectivity index (χ0n) is 64.8. The van der Waals surface area contributed by atoms with Crippen LogP contribution < -0.4 is 16.0 Å². The Morgan fingerprint density at radius 3 is 1.15 bits per heavy atom. The fraction of sp³-hybridized carbons (Fsp3) is 0.167. The fourth-order valence-corrected chi connectivity index (χ4v) is 14.0. The summed E-state index contributed by atoms with van der Waals surface area (Å²) in [6, 6.07) is 27.4. The molecule has 0 amide bonds. The first kappa shape index (κ1) is 115. The van der Waals surface area contributed by atoms with Crippen LogP contribution in [0.2, 0.25) is 0 Å². The summed E-state index contributed by atoms with van der Waals surface area (Å²) < 4.78 is 285. The highest BCUT2D eigenvalue weighted by Crippen LogP contribution is 2.45. The standard InChI is InChI=1S/2C25H19FN6O3.C22H17BrFN5O2.14F2.FH/c1-14-12-17(26)20(32(33)34)13-19(14)30-25-28-8-7-18(29-25)21-16-6-2-4-15-5-3-10-31(22(15)16)23(21)24-27-9-11-35-24;1-14-10-19(26)21(32(33)34)11-20(14)29-25-28-12-17(24-27-7-9-35-24)22(30-25)18-13-31-8-3-5-15-4-2-6-16(18)23(15)31;1-12-8-17(24)19(29(30)31)9-18(12)26-22-25-10-16(23)20(27-22)15-11-28-7-3-5-13-4-2-6-14(15)21(13)28;14*1-2;/h2,4,6-9,11-13H,3,5,10H2,1H3,(H,28,29,30);2,4,6-7,9-13H,3,5,8H2,1H3,(H,28,29,30);2,4,6,8-11H,3,5,7H2,1H3,(H,25,26,27);;;;;;;;;;;;;;;1H. The second-order valence-corrected chi connectivity index (χ2v) is 25.2. The van der Waals surface area contributed by atoms with Crippen molar-refractivity contribution in [3.05, 3.63) is 239 Å². The molecular formula is C72H56BrF32N17O8. The summed E-state index contributed by atoms with van der Waals surface area (Å²) in [7, 11) is 0. The van der Waals surface area contributed by atoms with E-state index in [1.807, 2.05) is 12.1 Å². The number of halogens is 33. The van der Waals surface area contributed by atoms with Crippen LogP contribution in [0.3, 0.4) is 0 Å². The number of nitro groups is 3. The number of anilines is 6. The number of hydrogen-bond donors (Lipinski definition) is 3. The van der Waals surface area contributed by atoms with Crippen LogP contribution in [0.4, 0.5) is 198 Å². The number of nitro benzene ring substituents is 3. The van der Waals surface area contributed by atoms with Gasteiger partial charge in [0, 0.05) is 230 Å². The van der Waals surface area contributed by atoms with Gasteiger partial charge in [0.25, 0.3) is 0 Å². The fourth-order valence-electron chi connectivity index (χ4n) is 13.6. The molecule has 58 heteroatoms. The van der Waals surface area contributed by atoms with Gasteiger partial charge < -0.3 is 38.5 Å². The maximum absolute atomic E-state index is 14.0. The van der Waals surface area contributed by atoms with Gasteiger partial charge in [0.15, 0.2) is 0 Å². The molecule has 0 unspecified atom stereocenters. The lowest BCUT2D eigenvalue weighted by molar-refractivity contribution is -0.387. The summed E-state index contributed by atoms with van der Waals surface area (Å²) in [5.74, 6) is -1.06. The Morgan fingerprint density at radius 1 is 0.400 bits per heavy atom. The lowest BCUT2D eigenvalue weighted by atomic mass is 10.0. The van der Waals surface area contributed by atoms with E-state index in [1.165, 1.54) is 34.0 Å². The van der Waals surface area contributed by atoms with Gasteiger partial charge in [0.05, 0.1) is 87.9 Å². The lowest BCUT2D eigenvalue weighted by Gasteiger charge is -2.16. The molecule has 0 saturated carbocycles. The van der Waals surface area contributed by atoms with Crippen molar-refractivity contribution in [2.45, 2.75) is 78.9 Å². The summed E-state index contributed by atoms with van der Waals surface area (Å²) in [6.45, 7) is 7.68. The minimum atomic E-state index is -0.895. The van der Waals surface area contributed by atoms with Crippen molar-refractivity contribution in [1.82, 2.24) is 53.6 Å². The number of para-hydroxylation sites is 3. The van der Waals surface area contributed by atoms with Gasteiger partial charge in [-0.25, -0.2) is 39.9 Å². The molecule has 708 valence electrons. The van der Waals surface area contributed by atoms with E-state index in [-0.39, 0.29) is 22.5 Å². The number of oxazole rings is 2. The van der Waals surface area contributed by atoms with Gasteiger partial charge in [-0.15, -0.1) is 0 Å². The quantitative estimate of drug-likeness (QED) is 0.0517. The van der Waals surface area contributed by atoms with E-state index in [9.17, 15) is 43.5 Å². The third kappa shape index (κ3) is 27.7. The van der Waals surface area contributed by atoms with Crippen LogP contribution in [-0.4, -0.2) is 68.3 Å². The average molecular weight is 1980 g/mol. The van der Waals surface area contributed by atoms with Crippen molar-refractivity contribution in [3.8, 4) is 56.8 Å². The number of nitrogens with zero attached hydrogens (tertiary/aromatic N) is 14. The summed E-state index contributed by atoms with van der Waals surface area (Å²) in [5.41, 5.74) is 14.4. The first-order chi connectivity index (χ1) is 62.9. The Morgan fingerprint density at radius 2 is 0.754 bits per heavy atom. The highest BCUT2D eigenvalue weighted by Gasteiger charge is 2.30. The Labute approximate surface area is 711 Å². The predicted molar refractivity (Wildman–Crippen MR) is 409 cm³/mol. The third-order valence-corrected chi connectivity index (χ3v) is 18.7. The minimum Gasteiger partial charge on any atom is -0.444 e. The molecule has 11 heterocycles. The largest absolute Gasteiger partial charge is 0.444 e. The maximum Gasteiger partial charge on any atom is 0.306 e. The number of aryl methyl sites for hydroxylation is 9. The molecule has 0 aliphatic carbocycles. The molecule has 0 fully saturated rings. The number of hydrogen-bond acceptors (Lipinski definition) is 19. The van der Waals surface area contributed by atoms with E-state index >= 15 is 0 Å². The Bertz CT molecular complexity index is 5770. The van der Waals surface area contributed by atoms with Gasteiger partial charge in [-0.3, -0.25) is 35.0 Å². The maximum atomic E-state index is 14.0. The van der Waals surface area contributed by atoms with Crippen LogP contribution in [0.1, 0.15) is 52.6 Å². The van der Waals surface area contributed by atoms with Crippen LogP contribution in [0.25, 0.3) is 89.5 Å².